The average Bonchev–Trinajstić information content (AvgIpc) is 2.81. The molecule has 0 aliphatic carbocycles. The molecule has 0 unspecified atom stereocenters. The van der Waals surface area contributed by atoms with Gasteiger partial charge in [-0.3, -0.25) is 4.79 Å². The first kappa shape index (κ1) is 10.4. The molecule has 0 spiro atoms. The number of hydrogen-bond donors (Lipinski definition) is 0. The van der Waals surface area contributed by atoms with E-state index in [1.54, 1.807) is 37.3 Å². The third-order valence-electron chi connectivity index (χ3n) is 2.23. The monoisotopic (exact) mass is 216 g/mol. The van der Waals surface area contributed by atoms with E-state index in [9.17, 15) is 4.79 Å². The number of rotatable bonds is 2. The molecular weight excluding hydrogens is 204 g/mol. The fourth-order valence-corrected chi connectivity index (χ4v) is 1.42. The number of nitrogens with zero attached hydrogens (tertiary/aromatic N) is 2. The minimum Gasteiger partial charge on any atom is -0.444 e. The Morgan fingerprint density at radius 3 is 2.81 bits per heavy atom. The smallest absolute Gasteiger partial charge is 0.253 e. The molecule has 4 nitrogen and oxygen atoms in total. The Morgan fingerprint density at radius 1 is 1.38 bits per heavy atom. The van der Waals surface area contributed by atoms with Crippen LogP contribution in [0.5, 0.6) is 0 Å². The fraction of sp³-hybridized carbons (Fsp3) is 0.167. The van der Waals surface area contributed by atoms with E-state index in [-0.39, 0.29) is 5.91 Å². The van der Waals surface area contributed by atoms with Crippen LogP contribution >= 0.6 is 0 Å². The number of hydrogen-bond acceptors (Lipinski definition) is 3. The predicted molar refractivity (Wildman–Crippen MR) is 60.0 cm³/mol. The highest BCUT2D eigenvalue weighted by molar-refractivity contribution is 5.94. The number of aromatic nitrogens is 1. The summed E-state index contributed by atoms with van der Waals surface area (Å²) in [5, 5.41) is 0. The lowest BCUT2D eigenvalue weighted by atomic mass is 10.1. The zero-order valence-corrected chi connectivity index (χ0v) is 9.18. The molecule has 0 bridgehead atoms. The van der Waals surface area contributed by atoms with E-state index in [1.807, 2.05) is 12.1 Å². The molecule has 2 aromatic rings. The van der Waals surface area contributed by atoms with Crippen molar-refractivity contribution >= 4 is 5.91 Å². The maximum Gasteiger partial charge on any atom is 0.253 e. The van der Waals surface area contributed by atoms with Crippen molar-refractivity contribution in [3.05, 3.63) is 42.4 Å². The van der Waals surface area contributed by atoms with Crippen molar-refractivity contribution in [3.8, 4) is 11.3 Å². The summed E-state index contributed by atoms with van der Waals surface area (Å²) in [5.74, 6) is 0.634. The molecule has 0 fully saturated rings. The molecule has 0 aliphatic heterocycles. The van der Waals surface area contributed by atoms with Gasteiger partial charge in [-0.1, -0.05) is 12.1 Å². The first-order chi connectivity index (χ1) is 7.68. The number of benzene rings is 1. The minimum absolute atomic E-state index is 0.0265. The number of oxazole rings is 1. The molecule has 0 radical (unpaired) electrons. The van der Waals surface area contributed by atoms with Gasteiger partial charge >= 0.3 is 0 Å². The maximum absolute atomic E-state index is 11.7. The Balaban J connectivity index is 2.37. The van der Waals surface area contributed by atoms with Gasteiger partial charge in [-0.05, 0) is 12.1 Å². The maximum atomic E-state index is 11.7. The van der Waals surface area contributed by atoms with Crippen LogP contribution in [-0.4, -0.2) is 29.9 Å². The van der Waals surface area contributed by atoms with Crippen LogP contribution in [0.1, 0.15) is 10.4 Å². The van der Waals surface area contributed by atoms with Gasteiger partial charge in [-0.2, -0.15) is 0 Å². The molecule has 2 rings (SSSR count). The summed E-state index contributed by atoms with van der Waals surface area (Å²) in [7, 11) is 3.45. The van der Waals surface area contributed by atoms with Crippen molar-refractivity contribution in [1.29, 1.82) is 0 Å². The molecule has 0 atom stereocenters. The highest BCUT2D eigenvalue weighted by atomic mass is 16.3. The van der Waals surface area contributed by atoms with E-state index in [1.165, 1.54) is 6.39 Å². The molecule has 82 valence electrons. The summed E-state index contributed by atoms with van der Waals surface area (Å²) >= 11 is 0. The molecule has 4 heteroatoms. The number of carbonyl (C=O) groups excluding carboxylic acids is 1. The quantitative estimate of drug-likeness (QED) is 0.771. The summed E-state index contributed by atoms with van der Waals surface area (Å²) in [6, 6.07) is 7.28. The second kappa shape index (κ2) is 4.18. The lowest BCUT2D eigenvalue weighted by Gasteiger charge is -2.10. The second-order valence-corrected chi connectivity index (χ2v) is 3.65. The van der Waals surface area contributed by atoms with Gasteiger partial charge in [-0.25, -0.2) is 4.98 Å². The van der Waals surface area contributed by atoms with Crippen LogP contribution in [-0.2, 0) is 0 Å². The molecule has 1 amide bonds. The molecule has 1 aromatic heterocycles. The third-order valence-corrected chi connectivity index (χ3v) is 2.23. The zero-order valence-electron chi connectivity index (χ0n) is 9.18. The minimum atomic E-state index is -0.0265. The van der Waals surface area contributed by atoms with Gasteiger partial charge in [0.25, 0.3) is 5.91 Å². The van der Waals surface area contributed by atoms with Crippen molar-refractivity contribution in [1.82, 2.24) is 9.88 Å². The lowest BCUT2D eigenvalue weighted by molar-refractivity contribution is 0.0827. The van der Waals surface area contributed by atoms with Crippen molar-refractivity contribution in [2.45, 2.75) is 0 Å². The SMILES string of the molecule is CN(C)C(=O)c1cccc(-c2cnco2)c1. The fourth-order valence-electron chi connectivity index (χ4n) is 1.42. The van der Waals surface area contributed by atoms with Crippen LogP contribution in [0.25, 0.3) is 11.3 Å². The molecule has 1 aromatic carbocycles. The Hall–Kier alpha value is -2.10. The van der Waals surface area contributed by atoms with Crippen molar-refractivity contribution in [3.63, 3.8) is 0 Å². The van der Waals surface area contributed by atoms with Crippen LogP contribution in [0.15, 0.2) is 41.3 Å². The van der Waals surface area contributed by atoms with E-state index in [0.717, 1.165) is 5.56 Å². The molecule has 16 heavy (non-hydrogen) atoms. The first-order valence-electron chi connectivity index (χ1n) is 4.89. The zero-order chi connectivity index (χ0) is 11.5. The van der Waals surface area contributed by atoms with Gasteiger partial charge in [-0.15, -0.1) is 0 Å². The third kappa shape index (κ3) is 1.95. The topological polar surface area (TPSA) is 46.3 Å². The van der Waals surface area contributed by atoms with Gasteiger partial charge in [0, 0.05) is 25.2 Å². The lowest BCUT2D eigenvalue weighted by Crippen LogP contribution is -2.21. The van der Waals surface area contributed by atoms with Crippen LogP contribution in [0.4, 0.5) is 0 Å². The van der Waals surface area contributed by atoms with Gasteiger partial charge < -0.3 is 9.32 Å². The van der Waals surface area contributed by atoms with E-state index >= 15 is 0 Å². The van der Waals surface area contributed by atoms with Crippen LogP contribution in [0.2, 0.25) is 0 Å². The number of carbonyl (C=O) groups is 1. The standard InChI is InChI=1S/C12H12N2O2/c1-14(2)12(15)10-5-3-4-9(6-10)11-7-13-8-16-11/h3-8H,1-2H3. The molecule has 0 saturated heterocycles. The summed E-state index contributed by atoms with van der Waals surface area (Å²) in [6.07, 6.45) is 3.00. The Kier molecular flexibility index (Phi) is 2.72. The first-order valence-corrected chi connectivity index (χ1v) is 4.89. The molecule has 0 N–H and O–H groups in total. The molecule has 0 saturated carbocycles. The highest BCUT2D eigenvalue weighted by Crippen LogP contribution is 2.19. The van der Waals surface area contributed by atoms with Crippen molar-refractivity contribution in [2.24, 2.45) is 0 Å². The van der Waals surface area contributed by atoms with E-state index in [0.29, 0.717) is 11.3 Å². The van der Waals surface area contributed by atoms with Crippen molar-refractivity contribution in [2.75, 3.05) is 14.1 Å². The van der Waals surface area contributed by atoms with Gasteiger partial charge in [0.15, 0.2) is 12.2 Å². The van der Waals surface area contributed by atoms with Crippen LogP contribution in [0, 0.1) is 0 Å². The molecule has 1 heterocycles. The average molecular weight is 216 g/mol. The Labute approximate surface area is 93.5 Å². The highest BCUT2D eigenvalue weighted by Gasteiger charge is 2.09. The van der Waals surface area contributed by atoms with E-state index < -0.39 is 0 Å². The van der Waals surface area contributed by atoms with E-state index in [4.69, 9.17) is 4.42 Å². The van der Waals surface area contributed by atoms with Gasteiger partial charge in [0.1, 0.15) is 0 Å². The van der Waals surface area contributed by atoms with E-state index in [2.05, 4.69) is 4.98 Å². The Morgan fingerprint density at radius 2 is 2.19 bits per heavy atom. The normalized spacial score (nSPS) is 10.1. The predicted octanol–water partition coefficient (Wildman–Crippen LogP) is 2.04. The number of amides is 1. The Bertz CT molecular complexity index is 489. The summed E-state index contributed by atoms with van der Waals surface area (Å²) in [4.78, 5) is 17.1. The summed E-state index contributed by atoms with van der Waals surface area (Å²) < 4.78 is 5.18. The van der Waals surface area contributed by atoms with Crippen LogP contribution in [0.3, 0.4) is 0 Å². The van der Waals surface area contributed by atoms with Gasteiger partial charge in [0.05, 0.1) is 6.20 Å². The second-order valence-electron chi connectivity index (χ2n) is 3.65. The van der Waals surface area contributed by atoms with Crippen LogP contribution < -0.4 is 0 Å². The molecular formula is C12H12N2O2. The van der Waals surface area contributed by atoms with Gasteiger partial charge in [0.2, 0.25) is 0 Å². The summed E-state index contributed by atoms with van der Waals surface area (Å²) in [5.41, 5.74) is 1.49. The molecule has 0 aliphatic rings. The largest absolute Gasteiger partial charge is 0.444 e. The van der Waals surface area contributed by atoms with Crippen molar-refractivity contribution < 1.29 is 9.21 Å². The summed E-state index contributed by atoms with van der Waals surface area (Å²) in [6.45, 7) is 0.